The summed E-state index contributed by atoms with van der Waals surface area (Å²) in [5.74, 6) is -0.887. The Morgan fingerprint density at radius 2 is 1.66 bits per heavy atom. The number of hydrogen-bond acceptors (Lipinski definition) is 6. The Hall–Kier alpha value is -2.75. The number of carbonyl (C=O) groups excluding carboxylic acids is 2. The molecule has 0 aromatic heterocycles. The lowest BCUT2D eigenvalue weighted by Crippen LogP contribution is -2.30. The van der Waals surface area contributed by atoms with Gasteiger partial charge in [-0.25, -0.2) is 13.1 Å². The van der Waals surface area contributed by atoms with Crippen molar-refractivity contribution >= 4 is 21.9 Å². The summed E-state index contributed by atoms with van der Waals surface area (Å²) in [6.45, 7) is 0.397. The van der Waals surface area contributed by atoms with Crippen molar-refractivity contribution in [2.45, 2.75) is 17.4 Å². The van der Waals surface area contributed by atoms with Crippen molar-refractivity contribution in [3.63, 3.8) is 0 Å². The molecule has 0 aliphatic rings. The van der Waals surface area contributed by atoms with E-state index in [0.717, 1.165) is 5.56 Å². The molecule has 0 aliphatic carbocycles. The van der Waals surface area contributed by atoms with Gasteiger partial charge < -0.3 is 14.8 Å². The number of ether oxygens (including phenoxy) is 2. The Kier molecular flexibility index (Phi) is 8.32. The maximum absolute atomic E-state index is 12.6. The average molecular weight is 420 g/mol. The molecule has 0 saturated heterocycles. The number of rotatable bonds is 10. The van der Waals surface area contributed by atoms with Crippen molar-refractivity contribution < 1.29 is 27.5 Å². The van der Waals surface area contributed by atoms with Gasteiger partial charge in [0.15, 0.2) is 0 Å². The van der Waals surface area contributed by atoms with Gasteiger partial charge in [-0.3, -0.25) is 9.59 Å². The Morgan fingerprint density at radius 1 is 1.00 bits per heavy atom. The molecule has 9 heteroatoms. The third-order valence-electron chi connectivity index (χ3n) is 4.13. The van der Waals surface area contributed by atoms with E-state index < -0.39 is 27.9 Å². The lowest BCUT2D eigenvalue weighted by atomic mass is 10.0. The molecule has 2 rings (SSSR count). The quantitative estimate of drug-likeness (QED) is 0.447. The summed E-state index contributed by atoms with van der Waals surface area (Å²) in [4.78, 5) is 24.4. The van der Waals surface area contributed by atoms with Crippen LogP contribution in [0.5, 0.6) is 0 Å². The number of nitrogens with one attached hydrogen (secondary N) is 2. The van der Waals surface area contributed by atoms with Crippen LogP contribution in [0.25, 0.3) is 0 Å². The van der Waals surface area contributed by atoms with Crippen molar-refractivity contribution in [1.29, 1.82) is 0 Å². The second-order valence-electron chi connectivity index (χ2n) is 6.13. The summed E-state index contributed by atoms with van der Waals surface area (Å²) >= 11 is 0. The predicted octanol–water partition coefficient (Wildman–Crippen LogP) is 1.65. The minimum atomic E-state index is -3.68. The lowest BCUT2D eigenvalue weighted by Gasteiger charge is -2.18. The van der Waals surface area contributed by atoms with E-state index in [9.17, 15) is 18.0 Å². The molecular weight excluding hydrogens is 396 g/mol. The van der Waals surface area contributed by atoms with E-state index in [1.165, 1.54) is 38.5 Å². The van der Waals surface area contributed by atoms with Gasteiger partial charge in [-0.1, -0.05) is 30.3 Å². The van der Waals surface area contributed by atoms with E-state index in [-0.39, 0.29) is 30.0 Å². The summed E-state index contributed by atoms with van der Waals surface area (Å²) in [5, 5.41) is 2.79. The molecule has 0 radical (unpaired) electrons. The number of carbonyl (C=O) groups is 2. The molecule has 2 aromatic rings. The summed E-state index contributed by atoms with van der Waals surface area (Å²) in [7, 11) is -0.923. The van der Waals surface area contributed by atoms with Crippen LogP contribution >= 0.6 is 0 Å². The van der Waals surface area contributed by atoms with E-state index in [1.54, 1.807) is 12.1 Å². The number of hydrogen-bond donors (Lipinski definition) is 2. The first-order valence-electron chi connectivity index (χ1n) is 8.88. The molecule has 0 spiro atoms. The molecule has 2 aromatic carbocycles. The van der Waals surface area contributed by atoms with E-state index in [0.29, 0.717) is 0 Å². The molecule has 8 nitrogen and oxygen atoms in total. The van der Waals surface area contributed by atoms with E-state index in [2.05, 4.69) is 10.0 Å². The van der Waals surface area contributed by atoms with E-state index >= 15 is 0 Å². The maximum atomic E-state index is 12.6. The second kappa shape index (κ2) is 10.7. The van der Waals surface area contributed by atoms with Crippen LogP contribution < -0.4 is 10.0 Å². The highest BCUT2D eigenvalue weighted by Gasteiger charge is 2.20. The van der Waals surface area contributed by atoms with Crippen LogP contribution in [0, 0.1) is 0 Å². The topological polar surface area (TPSA) is 111 Å². The number of amides is 1. The molecule has 156 valence electrons. The molecule has 0 fully saturated rings. The van der Waals surface area contributed by atoms with Crippen LogP contribution in [0.15, 0.2) is 59.5 Å². The SMILES string of the molecule is COCCNS(=O)(=O)c1ccc(C(=O)NC(CC(=O)OC)c2ccccc2)cc1. The van der Waals surface area contributed by atoms with Crippen LogP contribution in [0.3, 0.4) is 0 Å². The minimum absolute atomic E-state index is 0.0257. The van der Waals surface area contributed by atoms with Crippen LogP contribution in [0.2, 0.25) is 0 Å². The summed E-state index contributed by atoms with van der Waals surface area (Å²) < 4.78 is 36.3. The van der Waals surface area contributed by atoms with E-state index in [4.69, 9.17) is 9.47 Å². The van der Waals surface area contributed by atoms with Crippen LogP contribution in [0.4, 0.5) is 0 Å². The van der Waals surface area contributed by atoms with Gasteiger partial charge in [0.05, 0.1) is 31.1 Å². The monoisotopic (exact) mass is 420 g/mol. The standard InChI is InChI=1S/C20H24N2O6S/c1-27-13-12-21-29(25,26)17-10-8-16(9-11-17)20(24)22-18(14-19(23)28-2)15-6-4-3-5-7-15/h3-11,18,21H,12-14H2,1-2H3,(H,22,24). The largest absolute Gasteiger partial charge is 0.469 e. The first-order chi connectivity index (χ1) is 13.9. The third kappa shape index (κ3) is 6.67. The maximum Gasteiger partial charge on any atom is 0.307 e. The second-order valence-corrected chi connectivity index (χ2v) is 7.90. The fourth-order valence-electron chi connectivity index (χ4n) is 2.58. The molecular formula is C20H24N2O6S. The molecule has 0 aliphatic heterocycles. The number of methoxy groups -OCH3 is 2. The molecule has 29 heavy (non-hydrogen) atoms. The summed E-state index contributed by atoms with van der Waals surface area (Å²) in [5.41, 5.74) is 1.03. The first kappa shape index (κ1) is 22.5. The van der Waals surface area contributed by atoms with Crippen molar-refractivity contribution in [3.8, 4) is 0 Å². The zero-order valence-electron chi connectivity index (χ0n) is 16.3. The van der Waals surface area contributed by atoms with Gasteiger partial charge in [0, 0.05) is 19.2 Å². The molecule has 1 atom stereocenters. The molecule has 0 bridgehead atoms. The van der Waals surface area contributed by atoms with Crippen molar-refractivity contribution in [2.75, 3.05) is 27.4 Å². The smallest absolute Gasteiger partial charge is 0.307 e. The Labute approximate surface area is 170 Å². The zero-order valence-corrected chi connectivity index (χ0v) is 17.1. The number of benzene rings is 2. The van der Waals surface area contributed by atoms with Gasteiger partial charge in [0.25, 0.3) is 5.91 Å². The fourth-order valence-corrected chi connectivity index (χ4v) is 3.59. The van der Waals surface area contributed by atoms with Gasteiger partial charge in [-0.2, -0.15) is 0 Å². The van der Waals surface area contributed by atoms with Crippen molar-refractivity contribution in [3.05, 3.63) is 65.7 Å². The van der Waals surface area contributed by atoms with Gasteiger partial charge in [-0.15, -0.1) is 0 Å². The summed E-state index contributed by atoms with van der Waals surface area (Å²) in [6, 6.07) is 14.0. The lowest BCUT2D eigenvalue weighted by molar-refractivity contribution is -0.141. The highest BCUT2D eigenvalue weighted by Crippen LogP contribution is 2.18. The van der Waals surface area contributed by atoms with Gasteiger partial charge in [0.1, 0.15) is 0 Å². The highest BCUT2D eigenvalue weighted by atomic mass is 32.2. The van der Waals surface area contributed by atoms with Gasteiger partial charge >= 0.3 is 5.97 Å². The van der Waals surface area contributed by atoms with Crippen LogP contribution in [-0.2, 0) is 24.3 Å². The van der Waals surface area contributed by atoms with Gasteiger partial charge in [-0.05, 0) is 29.8 Å². The number of sulfonamides is 1. The van der Waals surface area contributed by atoms with E-state index in [1.807, 2.05) is 18.2 Å². The number of esters is 1. The first-order valence-corrected chi connectivity index (χ1v) is 10.4. The third-order valence-corrected chi connectivity index (χ3v) is 5.61. The van der Waals surface area contributed by atoms with Crippen LogP contribution in [-0.4, -0.2) is 47.7 Å². The van der Waals surface area contributed by atoms with Gasteiger partial charge in [0.2, 0.25) is 10.0 Å². The average Bonchev–Trinajstić information content (AvgIpc) is 2.74. The predicted molar refractivity (Wildman–Crippen MR) is 107 cm³/mol. The fraction of sp³-hybridized carbons (Fsp3) is 0.300. The van der Waals surface area contributed by atoms with Crippen molar-refractivity contribution in [1.82, 2.24) is 10.0 Å². The highest BCUT2D eigenvalue weighted by molar-refractivity contribution is 7.89. The van der Waals surface area contributed by atoms with Crippen LogP contribution in [0.1, 0.15) is 28.4 Å². The Balaban J connectivity index is 2.12. The molecule has 1 unspecified atom stereocenters. The zero-order chi connectivity index (χ0) is 21.3. The van der Waals surface area contributed by atoms with Crippen molar-refractivity contribution in [2.24, 2.45) is 0 Å². The normalized spacial score (nSPS) is 12.2. The Morgan fingerprint density at radius 3 is 2.24 bits per heavy atom. The molecule has 1 amide bonds. The minimum Gasteiger partial charge on any atom is -0.469 e. The summed E-state index contributed by atoms with van der Waals surface area (Å²) in [6.07, 6.45) is -0.0257. The Bertz CT molecular complexity index is 914. The molecule has 0 heterocycles. The molecule has 0 saturated carbocycles. The molecule has 2 N–H and O–H groups in total.